The molecule has 1 spiro atoms. The fourth-order valence-electron chi connectivity index (χ4n) is 7.43. The lowest BCUT2D eigenvalue weighted by molar-refractivity contribution is -0.0561. The van der Waals surface area contributed by atoms with Crippen molar-refractivity contribution in [3.05, 3.63) is 125 Å². The fraction of sp³-hybridized carbons (Fsp3) is 0.133. The molecule has 2 aliphatic heterocycles. The average molecular weight is 422 g/mol. The molecule has 0 radical (unpaired) electrons. The summed E-state index contributed by atoms with van der Waals surface area (Å²) in [5.41, 5.74) is 6.08. The normalized spacial score (nSPS) is 29.5. The van der Waals surface area contributed by atoms with Gasteiger partial charge in [0, 0.05) is 35.4 Å². The molecule has 1 aromatic heterocycles. The van der Waals surface area contributed by atoms with E-state index < -0.39 is 11.3 Å². The lowest BCUT2D eigenvalue weighted by atomic mass is 9.69. The maximum atomic E-state index is 7.35. The van der Waals surface area contributed by atoms with Crippen LogP contribution in [0.15, 0.2) is 102 Å². The van der Waals surface area contributed by atoms with Gasteiger partial charge in [-0.2, -0.15) is 0 Å². The molecule has 3 nitrogen and oxygen atoms in total. The molecule has 4 atom stereocenters. The summed E-state index contributed by atoms with van der Waals surface area (Å²) >= 11 is 0. The minimum Gasteiger partial charge on any atom is -0.331 e. The molecule has 3 heteroatoms. The van der Waals surface area contributed by atoms with Gasteiger partial charge in [0.05, 0.1) is 5.71 Å². The highest BCUT2D eigenvalue weighted by Crippen LogP contribution is 2.75. The summed E-state index contributed by atoms with van der Waals surface area (Å²) in [7, 11) is 0. The summed E-state index contributed by atoms with van der Waals surface area (Å²) < 4.78 is 7.35. The van der Waals surface area contributed by atoms with E-state index in [4.69, 9.17) is 9.73 Å². The fourth-order valence-corrected chi connectivity index (χ4v) is 7.43. The van der Waals surface area contributed by atoms with E-state index in [-0.39, 0.29) is 11.8 Å². The van der Waals surface area contributed by atoms with Gasteiger partial charge in [-0.3, -0.25) is 4.98 Å². The van der Waals surface area contributed by atoms with E-state index in [1.54, 1.807) is 0 Å². The molecule has 0 N–H and O–H groups in total. The Hall–Kier alpha value is -3.82. The van der Waals surface area contributed by atoms with Gasteiger partial charge in [0.25, 0.3) is 0 Å². The molecule has 1 saturated heterocycles. The third kappa shape index (κ3) is 1.62. The van der Waals surface area contributed by atoms with Gasteiger partial charge in [0.1, 0.15) is 5.60 Å². The monoisotopic (exact) mass is 422 g/mol. The summed E-state index contributed by atoms with van der Waals surface area (Å²) in [6, 6.07) is 30.8. The van der Waals surface area contributed by atoms with Crippen molar-refractivity contribution in [3.63, 3.8) is 0 Å². The van der Waals surface area contributed by atoms with E-state index in [0.717, 1.165) is 11.3 Å². The predicted octanol–water partition coefficient (Wildman–Crippen LogP) is 6.16. The third-order valence-corrected chi connectivity index (χ3v) is 8.43. The van der Waals surface area contributed by atoms with Crippen molar-refractivity contribution in [1.29, 1.82) is 0 Å². The van der Waals surface area contributed by atoms with Gasteiger partial charge < -0.3 is 4.74 Å². The summed E-state index contributed by atoms with van der Waals surface area (Å²) in [5, 5.41) is 5.24. The van der Waals surface area contributed by atoms with E-state index >= 15 is 0 Å². The molecule has 33 heavy (non-hydrogen) atoms. The Morgan fingerprint density at radius 2 is 1.33 bits per heavy atom. The van der Waals surface area contributed by atoms with Gasteiger partial charge in [-0.05, 0) is 50.4 Å². The van der Waals surface area contributed by atoms with E-state index in [1.165, 1.54) is 43.8 Å². The maximum absolute atomic E-state index is 7.35. The van der Waals surface area contributed by atoms with Crippen LogP contribution in [0.25, 0.3) is 21.5 Å². The van der Waals surface area contributed by atoms with Gasteiger partial charge in [0.15, 0.2) is 5.72 Å². The Balaban J connectivity index is 1.47. The molecule has 0 saturated carbocycles. The molecule has 2 bridgehead atoms. The number of hydrogen-bond donors (Lipinski definition) is 0. The van der Waals surface area contributed by atoms with Crippen LogP contribution in [-0.4, -0.2) is 10.7 Å². The van der Waals surface area contributed by atoms with Gasteiger partial charge in [-0.1, -0.05) is 72.8 Å². The highest BCUT2D eigenvalue weighted by Gasteiger charge is 2.74. The Bertz CT molecular complexity index is 1710. The Labute approximate surface area is 190 Å². The molecule has 154 valence electrons. The minimum atomic E-state index is -0.758. The molecule has 2 aliphatic carbocycles. The van der Waals surface area contributed by atoms with Crippen molar-refractivity contribution in [1.82, 2.24) is 4.98 Å². The molecular weight excluding hydrogens is 404 g/mol. The lowest BCUT2D eigenvalue weighted by Gasteiger charge is -2.33. The van der Waals surface area contributed by atoms with Crippen molar-refractivity contribution in [3.8, 4) is 0 Å². The summed E-state index contributed by atoms with van der Waals surface area (Å²) in [5.74, 6) is 0.298. The molecule has 2 unspecified atom stereocenters. The first kappa shape index (κ1) is 16.8. The highest BCUT2D eigenvalue weighted by atomic mass is 16.6. The molecule has 9 rings (SSSR count). The van der Waals surface area contributed by atoms with Crippen LogP contribution in [0.5, 0.6) is 0 Å². The van der Waals surface area contributed by atoms with Crippen molar-refractivity contribution in [2.45, 2.75) is 23.2 Å². The largest absolute Gasteiger partial charge is 0.331 e. The maximum Gasteiger partial charge on any atom is 0.194 e. The van der Waals surface area contributed by atoms with E-state index in [1.807, 2.05) is 12.4 Å². The van der Waals surface area contributed by atoms with Crippen LogP contribution < -0.4 is 0 Å². The van der Waals surface area contributed by atoms with E-state index in [2.05, 4.69) is 89.9 Å². The number of pyridine rings is 1. The van der Waals surface area contributed by atoms with Gasteiger partial charge in [-0.25, -0.2) is 4.99 Å². The molecule has 1 fully saturated rings. The SMILES string of the molecule is c1cc2c3c(cccc3c1)C1C2[C@@]2(c3ccncc3)N=C3c4cccc5cccc(c45)[C@]31O2. The molecule has 0 amide bonds. The van der Waals surface area contributed by atoms with Crippen LogP contribution in [0.1, 0.15) is 39.7 Å². The first-order valence-corrected chi connectivity index (χ1v) is 11.6. The molecular formula is C30H18N2O. The number of benzene rings is 4. The van der Waals surface area contributed by atoms with Crippen LogP contribution >= 0.6 is 0 Å². The second-order valence-corrected chi connectivity index (χ2v) is 9.69. The first-order valence-electron chi connectivity index (χ1n) is 11.6. The predicted molar refractivity (Wildman–Crippen MR) is 129 cm³/mol. The standard InChI is InChI=1S/C30H18N2O/c1-5-17-6-2-10-21-24(17)20(9-1)26-27(21)30(19-13-15-31-16-14-19)32-28-22-11-3-7-18-8-4-12-23(25(18)22)29(26,28)33-30/h1-16,26-27H/t26?,27?,29-,30+/m1/s1. The van der Waals surface area contributed by atoms with Crippen LogP contribution in [0.2, 0.25) is 0 Å². The first-order chi connectivity index (χ1) is 16.3. The number of aliphatic imine (C=N–C) groups is 1. The van der Waals surface area contributed by atoms with E-state index in [9.17, 15) is 0 Å². The molecule has 5 aromatic rings. The smallest absolute Gasteiger partial charge is 0.194 e. The zero-order valence-corrected chi connectivity index (χ0v) is 17.7. The number of ether oxygens (including phenoxy) is 1. The lowest BCUT2D eigenvalue weighted by Crippen LogP contribution is -2.37. The number of hydrogen-bond acceptors (Lipinski definition) is 3. The number of nitrogens with zero attached hydrogens (tertiary/aromatic N) is 2. The van der Waals surface area contributed by atoms with Crippen molar-refractivity contribution in [2.75, 3.05) is 0 Å². The van der Waals surface area contributed by atoms with Crippen LogP contribution in [0.3, 0.4) is 0 Å². The Kier molecular flexibility index (Phi) is 2.65. The van der Waals surface area contributed by atoms with Crippen LogP contribution in [-0.2, 0) is 16.1 Å². The third-order valence-electron chi connectivity index (χ3n) is 8.43. The topological polar surface area (TPSA) is 34.5 Å². The van der Waals surface area contributed by atoms with Crippen molar-refractivity contribution >= 4 is 27.3 Å². The zero-order chi connectivity index (χ0) is 21.4. The number of rotatable bonds is 1. The number of fused-ring (bicyclic) bond motifs is 6. The zero-order valence-electron chi connectivity index (χ0n) is 17.7. The summed E-state index contributed by atoms with van der Waals surface area (Å²) in [4.78, 5) is 9.82. The van der Waals surface area contributed by atoms with Crippen LogP contribution in [0.4, 0.5) is 0 Å². The summed E-state index contributed by atoms with van der Waals surface area (Å²) in [6.45, 7) is 0. The van der Waals surface area contributed by atoms with Crippen molar-refractivity contribution in [2.24, 2.45) is 4.99 Å². The van der Waals surface area contributed by atoms with Crippen molar-refractivity contribution < 1.29 is 4.74 Å². The quantitative estimate of drug-likeness (QED) is 0.324. The highest BCUT2D eigenvalue weighted by molar-refractivity contribution is 6.24. The van der Waals surface area contributed by atoms with E-state index in [0.29, 0.717) is 0 Å². The molecule has 4 aliphatic rings. The Morgan fingerprint density at radius 3 is 2.12 bits per heavy atom. The second-order valence-electron chi connectivity index (χ2n) is 9.69. The minimum absolute atomic E-state index is 0.120. The van der Waals surface area contributed by atoms with Crippen LogP contribution in [0, 0.1) is 0 Å². The number of aromatic nitrogens is 1. The van der Waals surface area contributed by atoms with Gasteiger partial charge in [-0.15, -0.1) is 0 Å². The van der Waals surface area contributed by atoms with Gasteiger partial charge >= 0.3 is 0 Å². The molecule has 3 heterocycles. The van der Waals surface area contributed by atoms with Gasteiger partial charge in [0.2, 0.25) is 0 Å². The average Bonchev–Trinajstić information content (AvgIpc) is 3.57. The summed E-state index contributed by atoms with van der Waals surface area (Å²) in [6.07, 6.45) is 3.72. The Morgan fingerprint density at radius 1 is 0.667 bits per heavy atom. The second kappa shape index (κ2) is 5.22. The molecule has 4 aromatic carbocycles.